The zero-order chi connectivity index (χ0) is 29.7. The summed E-state index contributed by atoms with van der Waals surface area (Å²) in [7, 11) is 0. The topological polar surface area (TPSA) is 176 Å². The predicted octanol–water partition coefficient (Wildman–Crippen LogP) is 2.28. The molecule has 3 N–H and O–H groups in total. The average molecular weight is 584 g/mol. The van der Waals surface area contributed by atoms with E-state index in [9.17, 15) is 19.2 Å². The molecule has 1 aromatic heterocycles. The Morgan fingerprint density at radius 1 is 1.30 bits per heavy atom. The Morgan fingerprint density at radius 3 is 2.62 bits per heavy atom. The first-order valence-corrected chi connectivity index (χ1v) is 13.7. The van der Waals surface area contributed by atoms with Crippen molar-refractivity contribution >= 4 is 46.1 Å². The molecule has 2 aliphatic heterocycles. The van der Waals surface area contributed by atoms with Crippen molar-refractivity contribution in [1.82, 2.24) is 15.8 Å². The summed E-state index contributed by atoms with van der Waals surface area (Å²) in [6.07, 6.45) is -0.493. The first-order chi connectivity index (χ1) is 18.6. The maximum atomic E-state index is 13.3. The van der Waals surface area contributed by atoms with Gasteiger partial charge < -0.3 is 24.4 Å². The minimum atomic E-state index is -1.54. The van der Waals surface area contributed by atoms with Crippen molar-refractivity contribution in [2.45, 2.75) is 84.2 Å². The summed E-state index contributed by atoms with van der Waals surface area (Å²) in [6, 6.07) is -0.984. The molecule has 1 unspecified atom stereocenters. The van der Waals surface area contributed by atoms with Crippen LogP contribution in [0, 0.1) is 5.92 Å². The third-order valence-electron chi connectivity index (χ3n) is 5.56. The van der Waals surface area contributed by atoms with Gasteiger partial charge in [0, 0.05) is 18.2 Å². The molecule has 40 heavy (non-hydrogen) atoms. The van der Waals surface area contributed by atoms with E-state index in [1.165, 1.54) is 5.38 Å². The fourth-order valence-corrected chi connectivity index (χ4v) is 4.51. The largest absolute Gasteiger partial charge is 0.462 e. The molecule has 3 heterocycles. The zero-order valence-corrected chi connectivity index (χ0v) is 24.6. The van der Waals surface area contributed by atoms with E-state index >= 15 is 0 Å². The highest BCUT2D eigenvalue weighted by molar-refractivity contribution is 7.14. The Morgan fingerprint density at radius 2 is 2.02 bits per heavy atom. The summed E-state index contributed by atoms with van der Waals surface area (Å²) in [5, 5.41) is 10.7. The Kier molecular flexibility index (Phi) is 9.74. The normalized spacial score (nSPS) is 22.9. The lowest BCUT2D eigenvalue weighted by Gasteiger charge is -2.41. The van der Waals surface area contributed by atoms with Crippen molar-refractivity contribution in [3.8, 4) is 0 Å². The van der Waals surface area contributed by atoms with Crippen molar-refractivity contribution < 1.29 is 43.1 Å². The molecule has 2 fully saturated rings. The van der Waals surface area contributed by atoms with Crippen LogP contribution in [0.15, 0.2) is 10.5 Å². The van der Waals surface area contributed by atoms with Crippen molar-refractivity contribution in [2.75, 3.05) is 25.1 Å². The standard InChI is InChI=1S/C25H37N5O9S/c1-14(2)10-35-20(33)25(8-9-36-24(6,7)13-25)39-29-17(19(32)26-15-11-37-30-18(15)31)16-12-40-21(27-16)28-22(34)38-23(3,4)5/h12,14-15H,8-11,13H2,1-7H3,(H,26,32)(H,30,31)(H,27,28,34)/b29-17-/t15-,25?/m0/s1. The summed E-state index contributed by atoms with van der Waals surface area (Å²) in [4.78, 5) is 65.8. The van der Waals surface area contributed by atoms with Crippen molar-refractivity contribution in [2.24, 2.45) is 11.1 Å². The minimum absolute atomic E-state index is 0.0323. The number of nitrogens with one attached hydrogen (secondary N) is 3. The molecule has 0 aliphatic carbocycles. The second-order valence-corrected chi connectivity index (χ2v) is 12.4. The van der Waals surface area contributed by atoms with E-state index in [4.69, 9.17) is 23.9 Å². The fourth-order valence-electron chi connectivity index (χ4n) is 3.83. The SMILES string of the molecule is CC(C)COC(=O)C1(O/N=C(\C(=O)N[C@H]2CONC2=O)c2csc(NC(=O)OC(C)(C)C)n2)CCOC(C)(C)C1. The molecule has 1 aromatic rings. The van der Waals surface area contributed by atoms with E-state index in [-0.39, 0.29) is 55.1 Å². The lowest BCUT2D eigenvalue weighted by atomic mass is 9.84. The molecule has 0 aromatic carbocycles. The van der Waals surface area contributed by atoms with Gasteiger partial charge in [0.25, 0.3) is 11.8 Å². The van der Waals surface area contributed by atoms with Crippen LogP contribution >= 0.6 is 11.3 Å². The van der Waals surface area contributed by atoms with Crippen LogP contribution in [0.25, 0.3) is 0 Å². The van der Waals surface area contributed by atoms with Gasteiger partial charge in [-0.15, -0.1) is 11.3 Å². The van der Waals surface area contributed by atoms with Gasteiger partial charge in [0.15, 0.2) is 10.8 Å². The number of carbonyl (C=O) groups is 4. The van der Waals surface area contributed by atoms with E-state index in [1.807, 2.05) is 27.7 Å². The number of hydrogen-bond donors (Lipinski definition) is 3. The Balaban J connectivity index is 1.92. The van der Waals surface area contributed by atoms with E-state index in [0.29, 0.717) is 0 Å². The summed E-state index contributed by atoms with van der Waals surface area (Å²) in [5.41, 5.74) is -1.14. The van der Waals surface area contributed by atoms with Gasteiger partial charge in [-0.25, -0.2) is 20.1 Å². The zero-order valence-electron chi connectivity index (χ0n) is 23.7. The summed E-state index contributed by atoms with van der Waals surface area (Å²) in [6.45, 7) is 12.9. The van der Waals surface area contributed by atoms with Crippen molar-refractivity contribution in [1.29, 1.82) is 0 Å². The van der Waals surface area contributed by atoms with Crippen molar-refractivity contribution in [3.05, 3.63) is 11.1 Å². The number of carbonyl (C=O) groups excluding carboxylic acids is 4. The van der Waals surface area contributed by atoms with E-state index in [1.54, 1.807) is 20.8 Å². The smallest absolute Gasteiger partial charge is 0.413 e. The van der Waals surface area contributed by atoms with Gasteiger partial charge >= 0.3 is 12.1 Å². The number of anilines is 1. The van der Waals surface area contributed by atoms with Crippen LogP contribution in [0.5, 0.6) is 0 Å². The van der Waals surface area contributed by atoms with E-state index < -0.39 is 46.7 Å². The number of hydroxylamine groups is 1. The number of rotatable bonds is 9. The first kappa shape index (κ1) is 31.2. The second kappa shape index (κ2) is 12.5. The third kappa shape index (κ3) is 8.60. The van der Waals surface area contributed by atoms with Crippen molar-refractivity contribution in [3.63, 3.8) is 0 Å². The number of hydrogen-bond acceptors (Lipinski definition) is 12. The van der Waals surface area contributed by atoms with Gasteiger partial charge in [-0.05, 0) is 40.5 Å². The lowest BCUT2D eigenvalue weighted by molar-refractivity contribution is -0.204. The van der Waals surface area contributed by atoms with Gasteiger partial charge in [0.1, 0.15) is 23.9 Å². The fraction of sp³-hybridized carbons (Fsp3) is 0.680. The van der Waals surface area contributed by atoms with Gasteiger partial charge in [-0.3, -0.25) is 19.7 Å². The summed E-state index contributed by atoms with van der Waals surface area (Å²) >= 11 is 1.02. The molecule has 2 aliphatic rings. The van der Waals surface area contributed by atoms with Crippen LogP contribution in [-0.4, -0.2) is 77.2 Å². The molecule has 0 saturated carbocycles. The molecular formula is C25H37N5O9S. The first-order valence-electron chi connectivity index (χ1n) is 12.8. The molecule has 222 valence electrons. The molecule has 3 amide bonds. The summed E-state index contributed by atoms with van der Waals surface area (Å²) < 4.78 is 16.5. The highest BCUT2D eigenvalue weighted by Gasteiger charge is 2.51. The monoisotopic (exact) mass is 583 g/mol. The predicted molar refractivity (Wildman–Crippen MR) is 143 cm³/mol. The van der Waals surface area contributed by atoms with Crippen LogP contribution in [-0.2, 0) is 38.3 Å². The van der Waals surface area contributed by atoms with Crippen LogP contribution < -0.4 is 16.1 Å². The molecule has 15 heteroatoms. The van der Waals surface area contributed by atoms with Crippen LogP contribution in [0.1, 0.15) is 67.0 Å². The van der Waals surface area contributed by atoms with Crippen LogP contribution in [0.4, 0.5) is 9.93 Å². The number of oxime groups is 1. The van der Waals surface area contributed by atoms with Crippen LogP contribution in [0.3, 0.4) is 0 Å². The maximum absolute atomic E-state index is 13.3. The molecule has 3 rings (SSSR count). The third-order valence-corrected chi connectivity index (χ3v) is 6.31. The Bertz CT molecular complexity index is 1140. The highest BCUT2D eigenvalue weighted by Crippen LogP contribution is 2.36. The number of esters is 1. The minimum Gasteiger partial charge on any atom is -0.462 e. The second-order valence-electron chi connectivity index (χ2n) is 11.5. The molecule has 2 saturated heterocycles. The van der Waals surface area contributed by atoms with E-state index in [0.717, 1.165) is 11.3 Å². The van der Waals surface area contributed by atoms with Crippen LogP contribution in [0.2, 0.25) is 0 Å². The van der Waals surface area contributed by atoms with Gasteiger partial charge in [-0.1, -0.05) is 19.0 Å². The summed E-state index contributed by atoms with van der Waals surface area (Å²) in [5.74, 6) is -1.89. The molecule has 0 bridgehead atoms. The van der Waals surface area contributed by atoms with Gasteiger partial charge in [0.2, 0.25) is 5.60 Å². The Hall–Kier alpha value is -3.30. The van der Waals surface area contributed by atoms with Gasteiger partial charge in [0.05, 0.1) is 18.8 Å². The molecular weight excluding hydrogens is 546 g/mol. The quantitative estimate of drug-likeness (QED) is 0.222. The average Bonchev–Trinajstić information content (AvgIpc) is 3.44. The molecule has 2 atom stereocenters. The number of aromatic nitrogens is 1. The number of amides is 3. The maximum Gasteiger partial charge on any atom is 0.413 e. The van der Waals surface area contributed by atoms with E-state index in [2.05, 4.69) is 26.3 Å². The molecule has 14 nitrogen and oxygen atoms in total. The number of ether oxygens (including phenoxy) is 3. The number of thiazole rings is 1. The lowest BCUT2D eigenvalue weighted by Crippen LogP contribution is -2.53. The number of nitrogens with zero attached hydrogens (tertiary/aromatic N) is 2. The highest BCUT2D eigenvalue weighted by atomic mass is 32.1. The molecule has 0 radical (unpaired) electrons. The molecule has 0 spiro atoms. The Labute approximate surface area is 236 Å². The van der Waals surface area contributed by atoms with Gasteiger partial charge in [-0.2, -0.15) is 0 Å².